The molecule has 3 N–H and O–H groups in total. The quantitative estimate of drug-likeness (QED) is 0.388. The zero-order valence-electron chi connectivity index (χ0n) is 16.1. The van der Waals surface area contributed by atoms with Crippen molar-refractivity contribution in [3.8, 4) is 0 Å². The summed E-state index contributed by atoms with van der Waals surface area (Å²) in [6.45, 7) is 3.83. The average molecular weight is 493 g/mol. The van der Waals surface area contributed by atoms with E-state index in [-0.39, 0.29) is 24.0 Å². The second-order valence-electron chi connectivity index (χ2n) is 7.10. The number of benzene rings is 1. The van der Waals surface area contributed by atoms with Crippen LogP contribution in [0.25, 0.3) is 0 Å². The molecule has 2 aliphatic rings. The minimum absolute atomic E-state index is 0. The summed E-state index contributed by atoms with van der Waals surface area (Å²) in [5.41, 5.74) is 11.1. The predicted octanol–water partition coefficient (Wildman–Crippen LogP) is 3.34. The van der Waals surface area contributed by atoms with Crippen molar-refractivity contribution >= 4 is 41.4 Å². The molecule has 1 aromatic heterocycles. The van der Waals surface area contributed by atoms with Gasteiger partial charge in [-0.3, -0.25) is 0 Å². The maximum atomic E-state index is 6.13. The average Bonchev–Trinajstić information content (AvgIpc) is 2.74. The Labute approximate surface area is 183 Å². The number of aliphatic imine (C=N–C) groups is 1. The number of hydrogen-bond donors (Lipinski definition) is 2. The molecule has 1 aliphatic heterocycles. The summed E-state index contributed by atoms with van der Waals surface area (Å²) in [5.74, 6) is 1.44. The van der Waals surface area contributed by atoms with E-state index in [9.17, 15) is 0 Å². The van der Waals surface area contributed by atoms with Crippen LogP contribution in [0.3, 0.4) is 0 Å². The van der Waals surface area contributed by atoms with E-state index in [0.717, 1.165) is 56.2 Å². The third-order valence-corrected chi connectivity index (χ3v) is 5.23. The van der Waals surface area contributed by atoms with Crippen molar-refractivity contribution in [2.75, 3.05) is 36.5 Å². The van der Waals surface area contributed by atoms with Crippen LogP contribution in [0.4, 0.5) is 11.5 Å². The van der Waals surface area contributed by atoms with Gasteiger partial charge in [0.15, 0.2) is 5.96 Å². The summed E-state index contributed by atoms with van der Waals surface area (Å²) in [6.07, 6.45) is 6.66. The van der Waals surface area contributed by atoms with Crippen LogP contribution in [-0.2, 0) is 24.1 Å². The lowest BCUT2D eigenvalue weighted by Crippen LogP contribution is -2.36. The summed E-state index contributed by atoms with van der Waals surface area (Å²) in [6, 6.07) is 10.5. The molecule has 7 heteroatoms. The topological polar surface area (TPSA) is 75.8 Å². The van der Waals surface area contributed by atoms with Crippen LogP contribution in [0.15, 0.2) is 41.5 Å². The number of guanidine groups is 1. The van der Waals surface area contributed by atoms with Crippen LogP contribution in [0.1, 0.15) is 29.5 Å². The number of nitrogens with two attached hydrogens (primary N) is 1. The number of ether oxygens (including phenoxy) is 1. The first-order chi connectivity index (χ1) is 13.3. The molecule has 6 nitrogen and oxygen atoms in total. The maximum absolute atomic E-state index is 6.13. The molecule has 0 unspecified atom stereocenters. The Kier molecular flexibility index (Phi) is 7.50. The highest BCUT2D eigenvalue weighted by molar-refractivity contribution is 14.0. The van der Waals surface area contributed by atoms with E-state index in [1.54, 1.807) is 0 Å². The Balaban J connectivity index is 0.00000225. The van der Waals surface area contributed by atoms with Gasteiger partial charge in [-0.15, -0.1) is 24.0 Å². The number of aromatic nitrogens is 1. The molecular weight excluding hydrogens is 465 g/mol. The van der Waals surface area contributed by atoms with Crippen LogP contribution in [0.5, 0.6) is 0 Å². The van der Waals surface area contributed by atoms with Crippen molar-refractivity contribution in [3.05, 3.63) is 53.2 Å². The molecule has 1 aromatic carbocycles. The summed E-state index contributed by atoms with van der Waals surface area (Å²) >= 11 is 0. The normalized spacial score (nSPS) is 16.9. The predicted molar refractivity (Wildman–Crippen MR) is 125 cm³/mol. The van der Waals surface area contributed by atoms with E-state index in [1.165, 1.54) is 24.0 Å². The third kappa shape index (κ3) is 5.14. The van der Waals surface area contributed by atoms with Crippen LogP contribution >= 0.6 is 24.0 Å². The Morgan fingerprint density at radius 2 is 1.96 bits per heavy atom. The standard InChI is InChI=1S/C21H27N5O.HI/c22-21(25-19-7-3-5-17-4-1-2-6-18(17)19)24-15-16-8-9-20(23-14-16)26-10-12-27-13-11-26;/h3,5,7-9,14H,1-2,4,6,10-13,15H2,(H3,22,24,25);1H. The fourth-order valence-electron chi connectivity index (χ4n) is 3.74. The maximum Gasteiger partial charge on any atom is 0.193 e. The first-order valence-electron chi connectivity index (χ1n) is 9.75. The molecule has 150 valence electrons. The SMILES string of the molecule is I.NC(=NCc1ccc(N2CCOCC2)nc1)Nc1cccc2c1CCCC2. The monoisotopic (exact) mass is 493 g/mol. The van der Waals surface area contributed by atoms with E-state index in [0.29, 0.717) is 12.5 Å². The number of fused-ring (bicyclic) bond motifs is 1. The lowest BCUT2D eigenvalue weighted by Gasteiger charge is -2.27. The molecule has 4 rings (SSSR count). The Bertz CT molecular complexity index is 803. The number of pyridine rings is 1. The number of hydrogen-bond acceptors (Lipinski definition) is 4. The minimum Gasteiger partial charge on any atom is -0.378 e. The van der Waals surface area contributed by atoms with Crippen molar-refractivity contribution < 1.29 is 4.74 Å². The van der Waals surface area contributed by atoms with E-state index >= 15 is 0 Å². The third-order valence-electron chi connectivity index (χ3n) is 5.23. The van der Waals surface area contributed by atoms with Gasteiger partial charge in [-0.25, -0.2) is 9.98 Å². The molecule has 1 fully saturated rings. The van der Waals surface area contributed by atoms with Gasteiger partial charge in [-0.05, 0) is 54.5 Å². The summed E-state index contributed by atoms with van der Waals surface area (Å²) in [7, 11) is 0. The number of rotatable bonds is 4. The fourth-order valence-corrected chi connectivity index (χ4v) is 3.74. The van der Waals surface area contributed by atoms with Crippen LogP contribution in [0.2, 0.25) is 0 Å². The first-order valence-corrected chi connectivity index (χ1v) is 9.75. The lowest BCUT2D eigenvalue weighted by atomic mass is 9.90. The van der Waals surface area contributed by atoms with Gasteiger partial charge in [0.1, 0.15) is 5.82 Å². The molecule has 0 atom stereocenters. The Morgan fingerprint density at radius 1 is 1.14 bits per heavy atom. The number of morpholine rings is 1. The van der Waals surface area contributed by atoms with E-state index in [2.05, 4.69) is 44.5 Å². The molecule has 0 spiro atoms. The van der Waals surface area contributed by atoms with Gasteiger partial charge in [-0.1, -0.05) is 18.2 Å². The van der Waals surface area contributed by atoms with Crippen LogP contribution in [0, 0.1) is 0 Å². The van der Waals surface area contributed by atoms with E-state index in [4.69, 9.17) is 10.5 Å². The number of anilines is 2. The summed E-state index contributed by atoms with van der Waals surface area (Å²) < 4.78 is 5.39. The van der Waals surface area contributed by atoms with Gasteiger partial charge in [0.25, 0.3) is 0 Å². The van der Waals surface area contributed by atoms with Crippen molar-refractivity contribution in [2.45, 2.75) is 32.2 Å². The first kappa shape index (κ1) is 20.9. The molecule has 1 aliphatic carbocycles. The fraction of sp³-hybridized carbons (Fsp3) is 0.429. The molecular formula is C21H28IN5O. The smallest absolute Gasteiger partial charge is 0.193 e. The minimum atomic E-state index is 0. The van der Waals surface area contributed by atoms with Gasteiger partial charge >= 0.3 is 0 Å². The zero-order valence-corrected chi connectivity index (χ0v) is 18.4. The summed E-state index contributed by atoms with van der Waals surface area (Å²) in [4.78, 5) is 11.3. The Hall–Kier alpha value is -1.87. The molecule has 0 saturated carbocycles. The second-order valence-corrected chi connectivity index (χ2v) is 7.10. The highest BCUT2D eigenvalue weighted by Crippen LogP contribution is 2.27. The number of nitrogens with zero attached hydrogens (tertiary/aromatic N) is 3. The molecule has 2 heterocycles. The molecule has 1 saturated heterocycles. The van der Waals surface area contributed by atoms with Gasteiger partial charge in [0, 0.05) is 25.0 Å². The van der Waals surface area contributed by atoms with Crippen molar-refractivity contribution in [2.24, 2.45) is 10.7 Å². The van der Waals surface area contributed by atoms with Crippen molar-refractivity contribution in [3.63, 3.8) is 0 Å². The largest absolute Gasteiger partial charge is 0.378 e. The molecule has 0 radical (unpaired) electrons. The second kappa shape index (κ2) is 10.1. The van der Waals surface area contributed by atoms with Gasteiger partial charge in [0.05, 0.1) is 19.8 Å². The molecule has 0 bridgehead atoms. The zero-order chi connectivity index (χ0) is 18.5. The number of aryl methyl sites for hydroxylation is 1. The lowest BCUT2D eigenvalue weighted by molar-refractivity contribution is 0.122. The van der Waals surface area contributed by atoms with Crippen molar-refractivity contribution in [1.29, 1.82) is 0 Å². The van der Waals surface area contributed by atoms with Gasteiger partial charge < -0.3 is 20.7 Å². The van der Waals surface area contributed by atoms with Crippen LogP contribution < -0.4 is 16.0 Å². The van der Waals surface area contributed by atoms with Crippen LogP contribution in [-0.4, -0.2) is 37.2 Å². The molecule has 28 heavy (non-hydrogen) atoms. The molecule has 0 amide bonds. The van der Waals surface area contributed by atoms with E-state index < -0.39 is 0 Å². The highest BCUT2D eigenvalue weighted by atomic mass is 127. The number of halogens is 1. The number of nitrogens with one attached hydrogen (secondary N) is 1. The Morgan fingerprint density at radius 3 is 2.75 bits per heavy atom. The van der Waals surface area contributed by atoms with Gasteiger partial charge in [-0.2, -0.15) is 0 Å². The van der Waals surface area contributed by atoms with E-state index in [1.807, 2.05) is 12.3 Å². The molecule has 2 aromatic rings. The summed E-state index contributed by atoms with van der Waals surface area (Å²) in [5, 5.41) is 3.29. The van der Waals surface area contributed by atoms with Gasteiger partial charge in [0.2, 0.25) is 0 Å². The van der Waals surface area contributed by atoms with Crippen molar-refractivity contribution in [1.82, 2.24) is 4.98 Å². The highest BCUT2D eigenvalue weighted by Gasteiger charge is 2.13.